The summed E-state index contributed by atoms with van der Waals surface area (Å²) < 4.78 is 1.84. The third kappa shape index (κ3) is 4.16. The van der Waals surface area contributed by atoms with Crippen LogP contribution in [-0.2, 0) is 6.54 Å². The fourth-order valence-electron chi connectivity index (χ4n) is 0.848. The first-order valence-electron chi connectivity index (χ1n) is 4.17. The molecule has 0 unspecified atom stereocenters. The van der Waals surface area contributed by atoms with Gasteiger partial charge in [0, 0.05) is 25.4 Å². The second kappa shape index (κ2) is 5.65. The molecule has 1 amide bonds. The molecule has 0 aliphatic rings. The first-order chi connectivity index (χ1) is 6.79. The van der Waals surface area contributed by atoms with E-state index in [1.54, 1.807) is 12.5 Å². The van der Waals surface area contributed by atoms with Gasteiger partial charge in [-0.15, -0.1) is 0 Å². The number of carbonyl (C=O) groups is 1. The largest absolute Gasteiger partial charge is 0.465 e. The molecular formula is C9H11N3O2. The van der Waals surface area contributed by atoms with E-state index in [0.717, 1.165) is 0 Å². The molecule has 0 aliphatic carbocycles. The fourth-order valence-corrected chi connectivity index (χ4v) is 0.848. The van der Waals surface area contributed by atoms with Crippen molar-refractivity contribution in [3.8, 4) is 11.8 Å². The van der Waals surface area contributed by atoms with Crippen molar-refractivity contribution in [1.29, 1.82) is 0 Å². The Labute approximate surface area is 81.8 Å². The molecule has 0 bridgehead atoms. The number of hydrogen-bond acceptors (Lipinski definition) is 2. The molecule has 0 aromatic carbocycles. The zero-order valence-electron chi connectivity index (χ0n) is 7.60. The Morgan fingerprint density at radius 1 is 1.57 bits per heavy atom. The monoisotopic (exact) mass is 193 g/mol. The first kappa shape index (κ1) is 10.1. The van der Waals surface area contributed by atoms with Gasteiger partial charge < -0.3 is 15.0 Å². The number of nitrogens with zero attached hydrogens (tertiary/aromatic N) is 2. The molecule has 1 aromatic heterocycles. The Balaban J connectivity index is 2.12. The van der Waals surface area contributed by atoms with E-state index in [1.165, 1.54) is 0 Å². The van der Waals surface area contributed by atoms with E-state index in [0.29, 0.717) is 19.5 Å². The summed E-state index contributed by atoms with van der Waals surface area (Å²) in [4.78, 5) is 13.9. The first-order valence-corrected chi connectivity index (χ1v) is 4.17. The van der Waals surface area contributed by atoms with Crippen LogP contribution in [0.1, 0.15) is 6.42 Å². The van der Waals surface area contributed by atoms with Crippen molar-refractivity contribution in [1.82, 2.24) is 14.9 Å². The maximum atomic E-state index is 10.0. The third-order valence-electron chi connectivity index (χ3n) is 1.47. The van der Waals surface area contributed by atoms with E-state index >= 15 is 0 Å². The number of rotatable bonds is 3. The van der Waals surface area contributed by atoms with Crippen LogP contribution >= 0.6 is 0 Å². The van der Waals surface area contributed by atoms with Gasteiger partial charge in [-0.25, -0.2) is 9.78 Å². The normalized spacial score (nSPS) is 8.86. The fraction of sp³-hybridized carbons (Fsp3) is 0.333. The van der Waals surface area contributed by atoms with Crippen LogP contribution < -0.4 is 5.32 Å². The SMILES string of the molecule is O=C(O)NCCC#CCn1ccnc1. The van der Waals surface area contributed by atoms with Crippen LogP contribution in [0.2, 0.25) is 0 Å². The summed E-state index contributed by atoms with van der Waals surface area (Å²) >= 11 is 0. The summed E-state index contributed by atoms with van der Waals surface area (Å²) in [5.41, 5.74) is 0. The predicted octanol–water partition coefficient (Wildman–Crippen LogP) is 0.544. The summed E-state index contributed by atoms with van der Waals surface area (Å²) in [5, 5.41) is 10.5. The average Bonchev–Trinajstić information content (AvgIpc) is 2.63. The predicted molar refractivity (Wildman–Crippen MR) is 50.6 cm³/mol. The highest BCUT2D eigenvalue weighted by Gasteiger charge is 1.89. The molecule has 0 spiro atoms. The Kier molecular flexibility index (Phi) is 4.08. The summed E-state index contributed by atoms with van der Waals surface area (Å²) in [6.07, 6.45) is 4.71. The van der Waals surface area contributed by atoms with Gasteiger partial charge in [0.15, 0.2) is 0 Å². The van der Waals surface area contributed by atoms with Crippen LogP contribution in [-0.4, -0.2) is 27.3 Å². The van der Waals surface area contributed by atoms with Crippen molar-refractivity contribution in [2.75, 3.05) is 6.54 Å². The third-order valence-corrected chi connectivity index (χ3v) is 1.47. The number of imidazole rings is 1. The second-order valence-corrected chi connectivity index (χ2v) is 2.57. The van der Waals surface area contributed by atoms with E-state index < -0.39 is 6.09 Å². The Hall–Kier alpha value is -1.96. The van der Waals surface area contributed by atoms with Crippen LogP contribution in [0, 0.1) is 11.8 Å². The van der Waals surface area contributed by atoms with Gasteiger partial charge in [-0.05, 0) is 0 Å². The van der Waals surface area contributed by atoms with Crippen molar-refractivity contribution in [3.63, 3.8) is 0 Å². The maximum absolute atomic E-state index is 10.0. The Morgan fingerprint density at radius 3 is 3.07 bits per heavy atom. The van der Waals surface area contributed by atoms with Crippen molar-refractivity contribution >= 4 is 6.09 Å². The van der Waals surface area contributed by atoms with Gasteiger partial charge in [0.1, 0.15) is 0 Å². The molecule has 1 aromatic rings. The Bertz CT molecular complexity index is 335. The molecule has 5 heteroatoms. The van der Waals surface area contributed by atoms with E-state index in [1.807, 2.05) is 10.8 Å². The topological polar surface area (TPSA) is 67.2 Å². The van der Waals surface area contributed by atoms with Gasteiger partial charge >= 0.3 is 6.09 Å². The van der Waals surface area contributed by atoms with E-state index in [-0.39, 0.29) is 0 Å². The van der Waals surface area contributed by atoms with E-state index in [2.05, 4.69) is 22.1 Å². The van der Waals surface area contributed by atoms with E-state index in [4.69, 9.17) is 5.11 Å². The minimum Gasteiger partial charge on any atom is -0.465 e. The number of nitrogens with one attached hydrogen (secondary N) is 1. The van der Waals surface area contributed by atoms with E-state index in [9.17, 15) is 4.79 Å². The highest BCUT2D eigenvalue weighted by molar-refractivity contribution is 5.64. The van der Waals surface area contributed by atoms with Gasteiger partial charge in [0.2, 0.25) is 0 Å². The summed E-state index contributed by atoms with van der Waals surface area (Å²) in [5.74, 6) is 5.76. The lowest BCUT2D eigenvalue weighted by Crippen LogP contribution is -2.21. The van der Waals surface area contributed by atoms with Gasteiger partial charge in [-0.1, -0.05) is 11.8 Å². The second-order valence-electron chi connectivity index (χ2n) is 2.57. The molecule has 0 fully saturated rings. The quantitative estimate of drug-likeness (QED) is 0.544. The molecule has 0 saturated carbocycles. The molecule has 5 nitrogen and oxygen atoms in total. The standard InChI is InChI=1S/C9H11N3O2/c13-9(14)11-4-2-1-3-6-12-7-5-10-8-12/h5,7-8,11H,2,4,6H2,(H,13,14). The molecular weight excluding hydrogens is 182 g/mol. The summed E-state index contributed by atoms with van der Waals surface area (Å²) in [6, 6.07) is 0. The number of hydrogen-bond donors (Lipinski definition) is 2. The summed E-state index contributed by atoms with van der Waals surface area (Å²) in [7, 11) is 0. The highest BCUT2D eigenvalue weighted by Crippen LogP contribution is 1.83. The number of amides is 1. The highest BCUT2D eigenvalue weighted by atomic mass is 16.4. The van der Waals surface area contributed by atoms with Crippen LogP contribution in [0.5, 0.6) is 0 Å². The minimum absolute atomic E-state index is 0.367. The van der Waals surface area contributed by atoms with Crippen molar-refractivity contribution in [2.45, 2.75) is 13.0 Å². The van der Waals surface area contributed by atoms with Crippen molar-refractivity contribution < 1.29 is 9.90 Å². The van der Waals surface area contributed by atoms with Crippen LogP contribution in [0.4, 0.5) is 4.79 Å². The number of carboxylic acid groups (broad SMARTS) is 1. The molecule has 14 heavy (non-hydrogen) atoms. The van der Waals surface area contributed by atoms with Gasteiger partial charge in [-0.2, -0.15) is 0 Å². The van der Waals surface area contributed by atoms with Gasteiger partial charge in [-0.3, -0.25) is 0 Å². The molecule has 0 radical (unpaired) electrons. The average molecular weight is 193 g/mol. The van der Waals surface area contributed by atoms with Gasteiger partial charge in [0.05, 0.1) is 12.9 Å². The van der Waals surface area contributed by atoms with Crippen LogP contribution in [0.15, 0.2) is 18.7 Å². The lowest BCUT2D eigenvalue weighted by molar-refractivity contribution is 0.195. The molecule has 1 heterocycles. The van der Waals surface area contributed by atoms with Crippen LogP contribution in [0.3, 0.4) is 0 Å². The molecule has 0 atom stereocenters. The molecule has 1 rings (SSSR count). The molecule has 0 aliphatic heterocycles. The maximum Gasteiger partial charge on any atom is 0.404 e. The zero-order chi connectivity index (χ0) is 10.2. The minimum atomic E-state index is -1.01. The summed E-state index contributed by atoms with van der Waals surface area (Å²) in [6.45, 7) is 0.958. The number of aromatic nitrogens is 2. The molecule has 74 valence electrons. The van der Waals surface area contributed by atoms with Crippen molar-refractivity contribution in [2.24, 2.45) is 0 Å². The Morgan fingerprint density at radius 2 is 2.43 bits per heavy atom. The van der Waals surface area contributed by atoms with Gasteiger partial charge in [0.25, 0.3) is 0 Å². The zero-order valence-corrected chi connectivity index (χ0v) is 7.60. The lowest BCUT2D eigenvalue weighted by Gasteiger charge is -1.93. The van der Waals surface area contributed by atoms with Crippen molar-refractivity contribution in [3.05, 3.63) is 18.7 Å². The lowest BCUT2D eigenvalue weighted by atomic mass is 10.4. The molecule has 0 saturated heterocycles. The molecule has 2 N–H and O–H groups in total. The smallest absolute Gasteiger partial charge is 0.404 e. The van der Waals surface area contributed by atoms with Crippen LogP contribution in [0.25, 0.3) is 0 Å².